The zero-order chi connectivity index (χ0) is 11.4. The molecule has 0 aromatic carbocycles. The molecule has 1 aromatic heterocycles. The Balaban J connectivity index is 1.80. The first-order valence-electron chi connectivity index (χ1n) is 5.35. The minimum atomic E-state index is 0.251. The number of ether oxygens (including phenoxy) is 1. The minimum absolute atomic E-state index is 0.251. The highest BCUT2D eigenvalue weighted by atomic mass is 16.5. The zero-order valence-corrected chi connectivity index (χ0v) is 9.18. The second-order valence-corrected chi connectivity index (χ2v) is 3.99. The number of nitrogens with one attached hydrogen (secondary N) is 1. The van der Waals surface area contributed by atoms with Gasteiger partial charge in [0.25, 0.3) is 0 Å². The SMILES string of the molecule is CNCC1CC(Oc2cnc(C#N)cn2)C1. The van der Waals surface area contributed by atoms with Crippen molar-refractivity contribution in [3.8, 4) is 11.9 Å². The van der Waals surface area contributed by atoms with Crippen LogP contribution in [0.25, 0.3) is 0 Å². The molecule has 2 rings (SSSR count). The Morgan fingerprint density at radius 2 is 2.31 bits per heavy atom. The molecule has 1 fully saturated rings. The van der Waals surface area contributed by atoms with Crippen LogP contribution in [0.2, 0.25) is 0 Å². The Kier molecular flexibility index (Phi) is 3.32. The monoisotopic (exact) mass is 218 g/mol. The van der Waals surface area contributed by atoms with Crippen molar-refractivity contribution in [2.45, 2.75) is 18.9 Å². The lowest BCUT2D eigenvalue weighted by atomic mass is 9.82. The number of nitriles is 1. The summed E-state index contributed by atoms with van der Waals surface area (Å²) in [5.74, 6) is 1.22. The fourth-order valence-electron chi connectivity index (χ4n) is 1.83. The molecule has 5 heteroatoms. The van der Waals surface area contributed by atoms with Crippen LogP contribution >= 0.6 is 0 Å². The molecule has 1 N–H and O–H groups in total. The molecule has 0 unspecified atom stereocenters. The molecular weight excluding hydrogens is 204 g/mol. The number of aromatic nitrogens is 2. The summed E-state index contributed by atoms with van der Waals surface area (Å²) in [6.07, 6.45) is 5.30. The fourth-order valence-corrected chi connectivity index (χ4v) is 1.83. The van der Waals surface area contributed by atoms with E-state index in [1.165, 1.54) is 12.4 Å². The topological polar surface area (TPSA) is 70.8 Å². The van der Waals surface area contributed by atoms with Gasteiger partial charge >= 0.3 is 0 Å². The van der Waals surface area contributed by atoms with Crippen molar-refractivity contribution in [1.29, 1.82) is 5.26 Å². The highest BCUT2D eigenvalue weighted by Crippen LogP contribution is 2.29. The summed E-state index contributed by atoms with van der Waals surface area (Å²) in [4.78, 5) is 7.92. The summed E-state index contributed by atoms with van der Waals surface area (Å²) >= 11 is 0. The molecule has 1 saturated carbocycles. The average molecular weight is 218 g/mol. The van der Waals surface area contributed by atoms with Crippen molar-refractivity contribution in [1.82, 2.24) is 15.3 Å². The highest BCUT2D eigenvalue weighted by Gasteiger charge is 2.30. The van der Waals surface area contributed by atoms with Crippen molar-refractivity contribution in [3.63, 3.8) is 0 Å². The van der Waals surface area contributed by atoms with Crippen molar-refractivity contribution >= 4 is 0 Å². The van der Waals surface area contributed by atoms with Gasteiger partial charge in [-0.1, -0.05) is 0 Å². The first-order chi connectivity index (χ1) is 7.81. The van der Waals surface area contributed by atoms with Gasteiger partial charge in [-0.2, -0.15) is 5.26 Å². The van der Waals surface area contributed by atoms with E-state index in [-0.39, 0.29) is 6.10 Å². The standard InChI is InChI=1S/C11H14N4O/c1-13-5-8-2-10(3-8)16-11-7-14-9(4-12)6-15-11/h6-8,10,13H,2-3,5H2,1H3. The third-order valence-electron chi connectivity index (χ3n) is 2.72. The van der Waals surface area contributed by atoms with Crippen LogP contribution in [-0.2, 0) is 0 Å². The third kappa shape index (κ3) is 2.47. The van der Waals surface area contributed by atoms with Gasteiger partial charge in [0.15, 0.2) is 5.69 Å². The summed E-state index contributed by atoms with van der Waals surface area (Å²) in [6.45, 7) is 1.04. The van der Waals surface area contributed by atoms with Gasteiger partial charge < -0.3 is 10.1 Å². The van der Waals surface area contributed by atoms with Gasteiger partial charge in [-0.3, -0.25) is 0 Å². The molecule has 1 aliphatic rings. The number of rotatable bonds is 4. The largest absolute Gasteiger partial charge is 0.473 e. The average Bonchev–Trinajstić information content (AvgIpc) is 2.27. The van der Waals surface area contributed by atoms with Gasteiger partial charge in [0.2, 0.25) is 5.88 Å². The summed E-state index contributed by atoms with van der Waals surface area (Å²) in [6, 6.07) is 1.92. The van der Waals surface area contributed by atoms with Crippen molar-refractivity contribution < 1.29 is 4.74 Å². The summed E-state index contributed by atoms with van der Waals surface area (Å²) in [5, 5.41) is 11.7. The Bertz CT molecular complexity index is 378. The van der Waals surface area contributed by atoms with E-state index in [1.807, 2.05) is 13.1 Å². The van der Waals surface area contributed by atoms with Gasteiger partial charge in [0.1, 0.15) is 12.2 Å². The van der Waals surface area contributed by atoms with E-state index in [9.17, 15) is 0 Å². The quantitative estimate of drug-likeness (QED) is 0.806. The smallest absolute Gasteiger partial charge is 0.232 e. The molecule has 0 aliphatic heterocycles. The number of nitrogens with zero attached hydrogens (tertiary/aromatic N) is 3. The van der Waals surface area contributed by atoms with E-state index in [1.54, 1.807) is 0 Å². The predicted molar refractivity (Wildman–Crippen MR) is 57.8 cm³/mol. The van der Waals surface area contributed by atoms with Crippen LogP contribution in [0.4, 0.5) is 0 Å². The van der Waals surface area contributed by atoms with E-state index in [0.717, 1.165) is 19.4 Å². The molecule has 0 amide bonds. The minimum Gasteiger partial charge on any atom is -0.473 e. The summed E-state index contributed by atoms with van der Waals surface area (Å²) in [7, 11) is 1.96. The van der Waals surface area contributed by atoms with Crippen LogP contribution in [0.1, 0.15) is 18.5 Å². The molecule has 1 aliphatic carbocycles. The molecule has 1 aromatic rings. The number of hydrogen-bond donors (Lipinski definition) is 1. The van der Waals surface area contributed by atoms with E-state index in [2.05, 4.69) is 15.3 Å². The number of hydrogen-bond acceptors (Lipinski definition) is 5. The van der Waals surface area contributed by atoms with Crippen LogP contribution in [0.15, 0.2) is 12.4 Å². The maximum atomic E-state index is 8.56. The summed E-state index contributed by atoms with van der Waals surface area (Å²) in [5.41, 5.74) is 0.314. The second kappa shape index (κ2) is 4.90. The van der Waals surface area contributed by atoms with Gasteiger partial charge in [0.05, 0.1) is 12.4 Å². The maximum Gasteiger partial charge on any atom is 0.232 e. The molecule has 5 nitrogen and oxygen atoms in total. The van der Waals surface area contributed by atoms with Crippen LogP contribution < -0.4 is 10.1 Å². The van der Waals surface area contributed by atoms with Gasteiger partial charge in [-0.15, -0.1) is 0 Å². The molecule has 16 heavy (non-hydrogen) atoms. The van der Waals surface area contributed by atoms with E-state index >= 15 is 0 Å². The van der Waals surface area contributed by atoms with E-state index in [4.69, 9.17) is 10.00 Å². The third-order valence-corrected chi connectivity index (χ3v) is 2.72. The van der Waals surface area contributed by atoms with Crippen molar-refractivity contribution in [3.05, 3.63) is 18.1 Å². The first kappa shape index (κ1) is 10.8. The molecule has 84 valence electrons. The fraction of sp³-hybridized carbons (Fsp3) is 0.545. The van der Waals surface area contributed by atoms with Crippen molar-refractivity contribution in [2.24, 2.45) is 5.92 Å². The lowest BCUT2D eigenvalue weighted by Gasteiger charge is -2.34. The first-order valence-corrected chi connectivity index (χ1v) is 5.35. The Hall–Kier alpha value is -1.67. The van der Waals surface area contributed by atoms with Gasteiger partial charge in [-0.05, 0) is 32.4 Å². The van der Waals surface area contributed by atoms with Gasteiger partial charge in [0, 0.05) is 0 Å². The summed E-state index contributed by atoms with van der Waals surface area (Å²) < 4.78 is 5.62. The van der Waals surface area contributed by atoms with Crippen LogP contribution in [0.3, 0.4) is 0 Å². The lowest BCUT2D eigenvalue weighted by molar-refractivity contribution is 0.0613. The molecule has 0 bridgehead atoms. The lowest BCUT2D eigenvalue weighted by Crippen LogP contribution is -2.38. The molecule has 0 atom stereocenters. The molecule has 0 spiro atoms. The van der Waals surface area contributed by atoms with Crippen LogP contribution in [0, 0.1) is 17.2 Å². The van der Waals surface area contributed by atoms with Gasteiger partial charge in [-0.25, -0.2) is 9.97 Å². The maximum absolute atomic E-state index is 8.56. The zero-order valence-electron chi connectivity index (χ0n) is 9.18. The predicted octanol–water partition coefficient (Wildman–Crippen LogP) is 0.725. The van der Waals surface area contributed by atoms with E-state index in [0.29, 0.717) is 17.5 Å². The molecule has 1 heterocycles. The Morgan fingerprint density at radius 3 is 2.88 bits per heavy atom. The Labute approximate surface area is 94.5 Å². The van der Waals surface area contributed by atoms with Crippen LogP contribution in [0.5, 0.6) is 5.88 Å². The van der Waals surface area contributed by atoms with Crippen LogP contribution in [-0.4, -0.2) is 29.7 Å². The second-order valence-electron chi connectivity index (χ2n) is 3.99. The molecule has 0 saturated heterocycles. The molecular formula is C11H14N4O. The van der Waals surface area contributed by atoms with Crippen molar-refractivity contribution in [2.75, 3.05) is 13.6 Å². The normalized spacial score (nSPS) is 23.2. The highest BCUT2D eigenvalue weighted by molar-refractivity contribution is 5.18. The van der Waals surface area contributed by atoms with E-state index < -0.39 is 0 Å². The molecule has 0 radical (unpaired) electrons. The Morgan fingerprint density at radius 1 is 1.50 bits per heavy atom.